The number of carbonyl (C=O) groups excluding carboxylic acids is 2. The molecule has 0 saturated heterocycles. The number of nitrogens with one attached hydrogen (secondary N) is 1. The molecule has 2 rings (SSSR count). The number of halogens is 4. The molecular formula is C24H29Cl3FN3O4S. The third-order valence-electron chi connectivity index (χ3n) is 5.59. The average Bonchev–Trinajstić information content (AvgIpc) is 2.80. The van der Waals surface area contributed by atoms with Crippen molar-refractivity contribution in [3.05, 3.63) is 62.8 Å². The predicted molar refractivity (Wildman–Crippen MR) is 143 cm³/mol. The summed E-state index contributed by atoms with van der Waals surface area (Å²) in [5.74, 6) is -1.73. The molecule has 1 N–H and O–H groups in total. The Hall–Kier alpha value is -2.07. The van der Waals surface area contributed by atoms with Gasteiger partial charge in [-0.25, -0.2) is 12.8 Å². The van der Waals surface area contributed by atoms with Gasteiger partial charge in [0.2, 0.25) is 21.8 Å². The van der Waals surface area contributed by atoms with Crippen molar-refractivity contribution >= 4 is 62.3 Å². The minimum atomic E-state index is -3.97. The molecule has 2 atom stereocenters. The molecule has 12 heteroatoms. The highest BCUT2D eigenvalue weighted by atomic mass is 35.5. The number of amides is 2. The maximum absolute atomic E-state index is 13.7. The van der Waals surface area contributed by atoms with Gasteiger partial charge in [-0.1, -0.05) is 54.7 Å². The average molecular weight is 581 g/mol. The predicted octanol–water partition coefficient (Wildman–Crippen LogP) is 5.27. The Balaban J connectivity index is 2.48. The topological polar surface area (TPSA) is 86.8 Å². The van der Waals surface area contributed by atoms with Gasteiger partial charge < -0.3 is 10.2 Å². The second-order valence-corrected chi connectivity index (χ2v) is 11.5. The summed E-state index contributed by atoms with van der Waals surface area (Å²) in [6.45, 7) is 4.87. The normalized spacial score (nSPS) is 13.1. The molecule has 2 aromatic rings. The van der Waals surface area contributed by atoms with Crippen molar-refractivity contribution in [1.82, 2.24) is 10.2 Å². The van der Waals surface area contributed by atoms with Crippen LogP contribution in [0.25, 0.3) is 0 Å². The van der Waals surface area contributed by atoms with Gasteiger partial charge >= 0.3 is 0 Å². The Kier molecular flexibility index (Phi) is 10.8. The lowest BCUT2D eigenvalue weighted by atomic mass is 10.1. The summed E-state index contributed by atoms with van der Waals surface area (Å²) in [4.78, 5) is 28.0. The Morgan fingerprint density at radius 1 is 1.00 bits per heavy atom. The van der Waals surface area contributed by atoms with E-state index in [-0.39, 0.29) is 40.6 Å². The van der Waals surface area contributed by atoms with Crippen molar-refractivity contribution < 1.29 is 22.4 Å². The molecule has 7 nitrogen and oxygen atoms in total. The van der Waals surface area contributed by atoms with Crippen LogP contribution in [0.2, 0.25) is 15.1 Å². The lowest BCUT2D eigenvalue weighted by molar-refractivity contribution is -0.140. The molecule has 0 radical (unpaired) electrons. The quantitative estimate of drug-likeness (QED) is 0.392. The van der Waals surface area contributed by atoms with Crippen LogP contribution in [0.5, 0.6) is 0 Å². The Bertz CT molecular complexity index is 1210. The van der Waals surface area contributed by atoms with Crippen LogP contribution < -0.4 is 9.62 Å². The molecule has 0 aromatic heterocycles. The third-order valence-corrected chi connectivity index (χ3v) is 7.76. The lowest BCUT2D eigenvalue weighted by Crippen LogP contribution is -2.53. The van der Waals surface area contributed by atoms with Crippen molar-refractivity contribution in [2.24, 2.45) is 0 Å². The first kappa shape index (κ1) is 30.2. The SMILES string of the molecule is CC[C@H](C(=O)N[C@@H](C)CC)N(Cc1ccc(Cl)c(Cl)c1)C(=O)CN(c1ccc(F)c(Cl)c1)S(C)(=O)=O. The highest BCUT2D eigenvalue weighted by molar-refractivity contribution is 7.92. The molecule has 0 heterocycles. The maximum Gasteiger partial charge on any atom is 0.244 e. The van der Waals surface area contributed by atoms with E-state index in [1.54, 1.807) is 25.1 Å². The summed E-state index contributed by atoms with van der Waals surface area (Å²) in [5.41, 5.74) is 0.618. The van der Waals surface area contributed by atoms with Gasteiger partial charge in [-0.05, 0) is 55.7 Å². The van der Waals surface area contributed by atoms with E-state index < -0.39 is 34.3 Å². The van der Waals surface area contributed by atoms with Gasteiger partial charge in [-0.3, -0.25) is 13.9 Å². The van der Waals surface area contributed by atoms with Crippen molar-refractivity contribution in [1.29, 1.82) is 0 Å². The molecule has 198 valence electrons. The molecule has 0 aliphatic carbocycles. The second-order valence-electron chi connectivity index (χ2n) is 8.38. The number of rotatable bonds is 11. The number of anilines is 1. The highest BCUT2D eigenvalue weighted by Crippen LogP contribution is 2.26. The maximum atomic E-state index is 13.7. The van der Waals surface area contributed by atoms with Gasteiger partial charge in [-0.15, -0.1) is 0 Å². The number of hydrogen-bond acceptors (Lipinski definition) is 4. The largest absolute Gasteiger partial charge is 0.352 e. The first-order valence-electron chi connectivity index (χ1n) is 11.2. The van der Waals surface area contributed by atoms with Crippen LogP contribution in [0.1, 0.15) is 39.2 Å². The minimum Gasteiger partial charge on any atom is -0.352 e. The van der Waals surface area contributed by atoms with Crippen LogP contribution in [-0.4, -0.2) is 50.0 Å². The molecule has 0 unspecified atom stereocenters. The van der Waals surface area contributed by atoms with Gasteiger partial charge in [0.25, 0.3) is 0 Å². The number of carbonyl (C=O) groups is 2. The number of nitrogens with zero attached hydrogens (tertiary/aromatic N) is 2. The molecule has 0 saturated carbocycles. The fourth-order valence-corrected chi connectivity index (χ4v) is 4.79. The first-order chi connectivity index (χ1) is 16.8. The van der Waals surface area contributed by atoms with Crippen LogP contribution in [0.3, 0.4) is 0 Å². The summed E-state index contributed by atoms with van der Waals surface area (Å²) in [5, 5.41) is 3.19. The van der Waals surface area contributed by atoms with Gasteiger partial charge in [0.1, 0.15) is 18.4 Å². The van der Waals surface area contributed by atoms with Gasteiger partial charge in [-0.2, -0.15) is 0 Å². The van der Waals surface area contributed by atoms with E-state index in [1.165, 1.54) is 11.0 Å². The molecule has 0 aliphatic heterocycles. The smallest absolute Gasteiger partial charge is 0.244 e. The van der Waals surface area contributed by atoms with Crippen molar-refractivity contribution in [3.8, 4) is 0 Å². The standard InChI is InChI=1S/C24H29Cl3FN3O4S/c1-5-15(3)29-24(33)22(6-2)30(13-16-7-9-18(25)19(26)11-16)23(32)14-31(36(4,34)35)17-8-10-21(28)20(27)12-17/h7-12,15,22H,5-6,13-14H2,1-4H3,(H,29,33)/t15-,22+/m0/s1. The molecule has 36 heavy (non-hydrogen) atoms. The van der Waals surface area contributed by atoms with Crippen LogP contribution in [0, 0.1) is 5.82 Å². The molecule has 0 aliphatic rings. The fraction of sp³-hybridized carbons (Fsp3) is 0.417. The molecule has 0 bridgehead atoms. The van der Waals surface area contributed by atoms with E-state index in [0.717, 1.165) is 22.7 Å². The molecule has 0 spiro atoms. The van der Waals surface area contributed by atoms with E-state index in [4.69, 9.17) is 34.8 Å². The van der Waals surface area contributed by atoms with Crippen molar-refractivity contribution in [3.63, 3.8) is 0 Å². The zero-order valence-corrected chi connectivity index (χ0v) is 23.5. The van der Waals surface area contributed by atoms with Gasteiger partial charge in [0.15, 0.2) is 0 Å². The summed E-state index contributed by atoms with van der Waals surface area (Å²) < 4.78 is 39.7. The van der Waals surface area contributed by atoms with E-state index in [2.05, 4.69) is 5.32 Å². The molecule has 0 fully saturated rings. The van der Waals surface area contributed by atoms with Gasteiger partial charge in [0.05, 0.1) is 27.0 Å². The summed E-state index contributed by atoms with van der Waals surface area (Å²) >= 11 is 18.0. The summed E-state index contributed by atoms with van der Waals surface area (Å²) in [6.07, 6.45) is 1.89. The number of sulfonamides is 1. The molecular weight excluding hydrogens is 552 g/mol. The number of benzene rings is 2. The zero-order chi connectivity index (χ0) is 27.2. The van der Waals surface area contributed by atoms with Crippen molar-refractivity contribution in [2.45, 2.75) is 52.2 Å². The minimum absolute atomic E-state index is 0.0174. The van der Waals surface area contributed by atoms with Gasteiger partial charge in [0, 0.05) is 12.6 Å². The Morgan fingerprint density at radius 2 is 1.67 bits per heavy atom. The Labute approximate surface area is 226 Å². The van der Waals surface area contributed by atoms with E-state index in [1.807, 2.05) is 13.8 Å². The van der Waals surface area contributed by atoms with Crippen molar-refractivity contribution in [2.75, 3.05) is 17.1 Å². The monoisotopic (exact) mass is 579 g/mol. The summed E-state index contributed by atoms with van der Waals surface area (Å²) in [6, 6.07) is 7.17. The van der Waals surface area contributed by atoms with E-state index in [9.17, 15) is 22.4 Å². The van der Waals surface area contributed by atoms with Crippen LogP contribution in [0.15, 0.2) is 36.4 Å². The highest BCUT2D eigenvalue weighted by Gasteiger charge is 2.32. The lowest BCUT2D eigenvalue weighted by Gasteiger charge is -2.33. The molecule has 2 aromatic carbocycles. The first-order valence-corrected chi connectivity index (χ1v) is 14.2. The zero-order valence-electron chi connectivity index (χ0n) is 20.4. The van der Waals surface area contributed by atoms with Crippen LogP contribution >= 0.6 is 34.8 Å². The summed E-state index contributed by atoms with van der Waals surface area (Å²) in [7, 11) is -3.97. The van der Waals surface area contributed by atoms with E-state index >= 15 is 0 Å². The Morgan fingerprint density at radius 3 is 2.19 bits per heavy atom. The van der Waals surface area contributed by atoms with Crippen LogP contribution in [0.4, 0.5) is 10.1 Å². The second kappa shape index (κ2) is 12.9. The molecule has 2 amide bonds. The van der Waals surface area contributed by atoms with E-state index in [0.29, 0.717) is 17.0 Å². The third kappa shape index (κ3) is 7.96. The fourth-order valence-electron chi connectivity index (χ4n) is 3.45. The van der Waals surface area contributed by atoms with Crippen LogP contribution in [-0.2, 0) is 26.2 Å². The number of hydrogen-bond donors (Lipinski definition) is 1.